The van der Waals surface area contributed by atoms with Crippen LogP contribution < -0.4 is 17.1 Å². The fraction of sp³-hybridized carbons (Fsp3) is 0.533. The van der Waals surface area contributed by atoms with Crippen molar-refractivity contribution in [3.63, 3.8) is 0 Å². The fourth-order valence-electron chi connectivity index (χ4n) is 2.26. The Kier molecular flexibility index (Phi) is 8.81. The van der Waals surface area contributed by atoms with Crippen LogP contribution in [0.2, 0.25) is 0 Å². The van der Waals surface area contributed by atoms with E-state index in [0.717, 1.165) is 13.7 Å². The SMILES string of the molecule is C=CCn1c(=O)n(CC=C)c(=O)n(CCN(CCCl)CCCl)c1=O. The molecule has 24 heavy (non-hydrogen) atoms. The Morgan fingerprint density at radius 2 is 1.21 bits per heavy atom. The normalized spacial score (nSPS) is 11.0. The Bertz CT molecular complexity index is 681. The Labute approximate surface area is 150 Å². The van der Waals surface area contributed by atoms with Crippen LogP contribution in [0.25, 0.3) is 0 Å². The van der Waals surface area contributed by atoms with E-state index in [4.69, 9.17) is 23.2 Å². The maximum Gasteiger partial charge on any atom is 0.336 e. The molecule has 0 amide bonds. The first-order valence-corrected chi connectivity index (χ1v) is 8.59. The minimum absolute atomic E-state index is 0.0299. The lowest BCUT2D eigenvalue weighted by molar-refractivity contribution is 0.285. The molecule has 0 aliphatic rings. The molecule has 0 fully saturated rings. The van der Waals surface area contributed by atoms with E-state index in [1.807, 2.05) is 4.90 Å². The van der Waals surface area contributed by atoms with Crippen molar-refractivity contribution in [1.82, 2.24) is 18.6 Å². The standard InChI is InChI=1S/C15H22Cl2N4O3/c1-3-7-19-13(22)20(8-4-2)15(24)21(14(19)23)12-11-18(9-5-16)10-6-17/h3-4H,1-2,5-12H2. The van der Waals surface area contributed by atoms with Crippen LogP contribution in [0.15, 0.2) is 39.7 Å². The molecule has 0 spiro atoms. The summed E-state index contributed by atoms with van der Waals surface area (Å²) < 4.78 is 3.00. The molecular weight excluding hydrogens is 355 g/mol. The molecule has 0 aliphatic heterocycles. The van der Waals surface area contributed by atoms with Gasteiger partial charge in [-0.2, -0.15) is 0 Å². The van der Waals surface area contributed by atoms with Crippen LogP contribution in [0.5, 0.6) is 0 Å². The second-order valence-electron chi connectivity index (χ2n) is 5.02. The highest BCUT2D eigenvalue weighted by molar-refractivity contribution is 6.18. The van der Waals surface area contributed by atoms with E-state index in [-0.39, 0.29) is 19.6 Å². The van der Waals surface area contributed by atoms with Crippen LogP contribution in [0.3, 0.4) is 0 Å². The molecule has 9 heteroatoms. The second kappa shape index (κ2) is 10.3. The van der Waals surface area contributed by atoms with E-state index in [1.165, 1.54) is 12.2 Å². The Balaban J connectivity index is 3.28. The predicted octanol–water partition coefficient (Wildman–Crippen LogP) is 0.323. The van der Waals surface area contributed by atoms with E-state index in [0.29, 0.717) is 31.4 Å². The lowest BCUT2D eigenvalue weighted by Crippen LogP contribution is -2.55. The van der Waals surface area contributed by atoms with Crippen LogP contribution in [0.4, 0.5) is 0 Å². The predicted molar refractivity (Wildman–Crippen MR) is 97.5 cm³/mol. The Hall–Kier alpha value is -1.57. The summed E-state index contributed by atoms with van der Waals surface area (Å²) in [6.07, 6.45) is 2.87. The van der Waals surface area contributed by atoms with Crippen LogP contribution in [-0.4, -0.2) is 50.0 Å². The zero-order valence-corrected chi connectivity index (χ0v) is 15.0. The van der Waals surface area contributed by atoms with E-state index in [1.54, 1.807) is 0 Å². The maximum atomic E-state index is 12.5. The van der Waals surface area contributed by atoms with E-state index in [2.05, 4.69) is 13.2 Å². The van der Waals surface area contributed by atoms with E-state index >= 15 is 0 Å². The molecule has 134 valence electrons. The molecule has 0 unspecified atom stereocenters. The highest BCUT2D eigenvalue weighted by Crippen LogP contribution is 1.92. The summed E-state index contributed by atoms with van der Waals surface area (Å²) in [5.41, 5.74) is -1.97. The van der Waals surface area contributed by atoms with Gasteiger partial charge in [-0.1, -0.05) is 12.2 Å². The smallest absolute Gasteiger partial charge is 0.299 e. The summed E-state index contributed by atoms with van der Waals surface area (Å²) in [6, 6.07) is 0. The Morgan fingerprint density at radius 3 is 1.58 bits per heavy atom. The van der Waals surface area contributed by atoms with Gasteiger partial charge in [-0.15, -0.1) is 36.4 Å². The van der Waals surface area contributed by atoms with Crippen LogP contribution in [0.1, 0.15) is 0 Å². The molecule has 1 aromatic heterocycles. The summed E-state index contributed by atoms with van der Waals surface area (Å²) in [6.45, 7) is 8.88. The van der Waals surface area contributed by atoms with Crippen LogP contribution in [0, 0.1) is 0 Å². The minimum Gasteiger partial charge on any atom is -0.299 e. The van der Waals surface area contributed by atoms with Gasteiger partial charge in [0.25, 0.3) is 0 Å². The molecule has 1 aromatic rings. The van der Waals surface area contributed by atoms with Gasteiger partial charge in [0.15, 0.2) is 0 Å². The zero-order chi connectivity index (χ0) is 18.1. The molecule has 1 heterocycles. The fourth-order valence-corrected chi connectivity index (χ4v) is 2.74. The molecule has 0 saturated carbocycles. The van der Waals surface area contributed by atoms with E-state index < -0.39 is 17.1 Å². The second-order valence-corrected chi connectivity index (χ2v) is 5.77. The monoisotopic (exact) mass is 376 g/mol. The third kappa shape index (κ3) is 4.96. The van der Waals surface area contributed by atoms with Crippen molar-refractivity contribution >= 4 is 23.2 Å². The molecule has 0 N–H and O–H groups in total. The molecule has 0 saturated heterocycles. The quantitative estimate of drug-likeness (QED) is 0.412. The highest BCUT2D eigenvalue weighted by atomic mass is 35.5. The maximum absolute atomic E-state index is 12.5. The van der Waals surface area contributed by atoms with Gasteiger partial charge in [0, 0.05) is 37.9 Å². The van der Waals surface area contributed by atoms with Gasteiger partial charge in [-0.25, -0.2) is 28.1 Å². The number of halogens is 2. The highest BCUT2D eigenvalue weighted by Gasteiger charge is 2.15. The van der Waals surface area contributed by atoms with Gasteiger partial charge < -0.3 is 0 Å². The number of nitrogens with zero attached hydrogens (tertiary/aromatic N) is 4. The van der Waals surface area contributed by atoms with Crippen molar-refractivity contribution in [3.8, 4) is 0 Å². The first-order chi connectivity index (χ1) is 11.5. The van der Waals surface area contributed by atoms with Crippen molar-refractivity contribution in [1.29, 1.82) is 0 Å². The zero-order valence-electron chi connectivity index (χ0n) is 13.5. The van der Waals surface area contributed by atoms with Crippen molar-refractivity contribution in [3.05, 3.63) is 56.8 Å². The van der Waals surface area contributed by atoms with Crippen molar-refractivity contribution in [2.24, 2.45) is 0 Å². The van der Waals surface area contributed by atoms with Gasteiger partial charge in [0.1, 0.15) is 0 Å². The van der Waals surface area contributed by atoms with Gasteiger partial charge >= 0.3 is 17.1 Å². The number of alkyl halides is 2. The molecular formula is C15H22Cl2N4O3. The molecule has 0 aliphatic carbocycles. The third-order valence-electron chi connectivity index (χ3n) is 3.45. The number of allylic oxidation sites excluding steroid dienone is 2. The largest absolute Gasteiger partial charge is 0.336 e. The Morgan fingerprint density at radius 1 is 0.792 bits per heavy atom. The summed E-state index contributed by atoms with van der Waals surface area (Å²) in [5, 5.41) is 0. The first-order valence-electron chi connectivity index (χ1n) is 7.52. The molecule has 0 radical (unpaired) electrons. The lowest BCUT2D eigenvalue weighted by atomic mass is 10.4. The van der Waals surface area contributed by atoms with Gasteiger partial charge in [-0.3, -0.25) is 4.90 Å². The third-order valence-corrected chi connectivity index (χ3v) is 3.79. The molecule has 1 rings (SSSR count). The van der Waals surface area contributed by atoms with Crippen molar-refractivity contribution < 1.29 is 0 Å². The van der Waals surface area contributed by atoms with Crippen molar-refractivity contribution in [2.75, 3.05) is 31.4 Å². The van der Waals surface area contributed by atoms with Gasteiger partial charge in [-0.05, 0) is 0 Å². The average Bonchev–Trinajstić information content (AvgIpc) is 2.55. The number of hydrogen-bond acceptors (Lipinski definition) is 4. The number of rotatable bonds is 11. The summed E-state index contributed by atoms with van der Waals surface area (Å²) >= 11 is 11.5. The number of aromatic nitrogens is 3. The van der Waals surface area contributed by atoms with Crippen LogP contribution in [-0.2, 0) is 19.6 Å². The minimum atomic E-state index is -0.667. The summed E-state index contributed by atoms with van der Waals surface area (Å²) in [7, 11) is 0. The first kappa shape index (κ1) is 20.5. The van der Waals surface area contributed by atoms with Gasteiger partial charge in [0.2, 0.25) is 0 Å². The molecule has 0 aromatic carbocycles. The van der Waals surface area contributed by atoms with Crippen LogP contribution >= 0.6 is 23.2 Å². The number of hydrogen-bond donors (Lipinski definition) is 0. The molecule has 0 atom stereocenters. The summed E-state index contributed by atoms with van der Waals surface area (Å²) in [5.74, 6) is 0.838. The lowest BCUT2D eigenvalue weighted by Gasteiger charge is -2.20. The topological polar surface area (TPSA) is 69.2 Å². The molecule has 7 nitrogen and oxygen atoms in total. The van der Waals surface area contributed by atoms with E-state index in [9.17, 15) is 14.4 Å². The average molecular weight is 377 g/mol. The van der Waals surface area contributed by atoms with Gasteiger partial charge in [0.05, 0.1) is 13.1 Å². The molecule has 0 bridgehead atoms. The summed E-state index contributed by atoms with van der Waals surface area (Å²) in [4.78, 5) is 39.1. The van der Waals surface area contributed by atoms with Crippen molar-refractivity contribution in [2.45, 2.75) is 19.6 Å².